The molecule has 0 saturated carbocycles. The van der Waals surface area contributed by atoms with Gasteiger partial charge in [-0.2, -0.15) is 0 Å². The molecule has 0 amide bonds. The molecule has 0 aliphatic carbocycles. The Morgan fingerprint density at radius 2 is 2.00 bits per heavy atom. The molecule has 1 saturated heterocycles. The van der Waals surface area contributed by atoms with Crippen LogP contribution in [0.1, 0.15) is 0 Å². The average Bonchev–Trinajstić information content (AvgIpc) is 2.20. The molecule has 14 heavy (non-hydrogen) atoms. The smallest absolute Gasteiger partial charge is 0.105 e. The van der Waals surface area contributed by atoms with Gasteiger partial charge in [-0.05, 0) is 7.05 Å². The first-order chi connectivity index (χ1) is 6.63. The lowest BCUT2D eigenvalue weighted by Crippen LogP contribution is -2.48. The number of halogens is 1. The van der Waals surface area contributed by atoms with Crippen LogP contribution in [0.25, 0.3) is 0 Å². The van der Waals surface area contributed by atoms with E-state index >= 15 is 0 Å². The highest BCUT2D eigenvalue weighted by atomic mass is 127. The Morgan fingerprint density at radius 3 is 2.50 bits per heavy atom. The van der Waals surface area contributed by atoms with Crippen LogP contribution in [0.15, 0.2) is 0 Å². The number of nitrogens with one attached hydrogen (secondary N) is 1. The molecule has 5 heteroatoms. The van der Waals surface area contributed by atoms with Gasteiger partial charge >= 0.3 is 0 Å². The van der Waals surface area contributed by atoms with Crippen molar-refractivity contribution in [3.8, 4) is 0 Å². The number of aliphatic hydroxyl groups excluding tert-OH is 1. The first kappa shape index (κ1) is 12.4. The number of alkyl halides is 1. The maximum atomic E-state index is 9.65. The van der Waals surface area contributed by atoms with Crippen molar-refractivity contribution in [2.24, 2.45) is 0 Å². The zero-order valence-corrected chi connectivity index (χ0v) is 10.7. The maximum Gasteiger partial charge on any atom is 0.105 e. The van der Waals surface area contributed by atoms with Gasteiger partial charge in [0, 0.05) is 42.9 Å². The number of likely N-dealkylation sites (N-methyl/N-ethyl adjacent to an activating group) is 1. The van der Waals surface area contributed by atoms with Crippen LogP contribution in [0.5, 0.6) is 0 Å². The fourth-order valence-corrected chi connectivity index (χ4v) is 1.98. The molecule has 1 fully saturated rings. The summed E-state index contributed by atoms with van der Waals surface area (Å²) >= 11 is 2.11. The number of piperazine rings is 1. The predicted molar refractivity (Wildman–Crippen MR) is 66.6 cm³/mol. The molecule has 1 aliphatic heterocycles. The van der Waals surface area contributed by atoms with E-state index in [1.54, 1.807) is 0 Å². The lowest BCUT2D eigenvalue weighted by Gasteiger charge is -2.33. The summed E-state index contributed by atoms with van der Waals surface area (Å²) in [6, 6.07) is 0. The van der Waals surface area contributed by atoms with E-state index in [1.165, 1.54) is 0 Å². The third kappa shape index (κ3) is 3.80. The summed E-state index contributed by atoms with van der Waals surface area (Å²) in [7, 11) is 2.11. The Kier molecular flexibility index (Phi) is 5.29. The van der Waals surface area contributed by atoms with Gasteiger partial charge in [0.2, 0.25) is 0 Å². The van der Waals surface area contributed by atoms with E-state index in [2.05, 4.69) is 39.4 Å². The molecule has 1 unspecified atom stereocenters. The fourth-order valence-electron chi connectivity index (χ4n) is 1.47. The summed E-state index contributed by atoms with van der Waals surface area (Å²) in [6.07, 6.45) is -0.574. The minimum absolute atomic E-state index is 0.435. The quantitative estimate of drug-likeness (QED) is 0.438. The zero-order chi connectivity index (χ0) is 10.6. The van der Waals surface area contributed by atoms with E-state index in [1.807, 2.05) is 0 Å². The van der Waals surface area contributed by atoms with Gasteiger partial charge < -0.3 is 15.4 Å². The van der Waals surface area contributed by atoms with Gasteiger partial charge in [0.05, 0.1) is 0 Å². The van der Waals surface area contributed by atoms with Crippen LogP contribution in [-0.2, 0) is 0 Å². The second kappa shape index (κ2) is 5.99. The minimum Gasteiger partial charge on any atom is -0.386 e. The van der Waals surface area contributed by atoms with Crippen LogP contribution in [0.3, 0.4) is 0 Å². The van der Waals surface area contributed by atoms with Crippen molar-refractivity contribution < 1.29 is 5.11 Å². The van der Waals surface area contributed by atoms with Gasteiger partial charge in [0.25, 0.3) is 0 Å². The molecule has 1 rings (SSSR count). The van der Waals surface area contributed by atoms with Crippen molar-refractivity contribution in [1.29, 1.82) is 5.41 Å². The standard InChI is InChI=1S/C9H18IN3O/c1-12-2-4-13(5-3-12)7-9(14)8(11)6-10/h9,11,14H,2-7H2,1H3. The Morgan fingerprint density at radius 1 is 1.43 bits per heavy atom. The highest BCUT2D eigenvalue weighted by molar-refractivity contribution is 14.1. The highest BCUT2D eigenvalue weighted by Gasteiger charge is 2.18. The van der Waals surface area contributed by atoms with E-state index in [9.17, 15) is 5.11 Å². The number of hydrogen-bond donors (Lipinski definition) is 2. The molecule has 2 N–H and O–H groups in total. The highest BCUT2D eigenvalue weighted by Crippen LogP contribution is 2.02. The molecular formula is C9H18IN3O. The van der Waals surface area contributed by atoms with Crippen molar-refractivity contribution >= 4 is 28.3 Å². The summed E-state index contributed by atoms with van der Waals surface area (Å²) in [6.45, 7) is 4.74. The molecule has 1 aliphatic rings. The third-order valence-corrected chi connectivity index (χ3v) is 3.40. The van der Waals surface area contributed by atoms with E-state index in [-0.39, 0.29) is 0 Å². The summed E-state index contributed by atoms with van der Waals surface area (Å²) in [4.78, 5) is 4.51. The lowest BCUT2D eigenvalue weighted by molar-refractivity contribution is 0.109. The van der Waals surface area contributed by atoms with E-state index < -0.39 is 6.10 Å². The summed E-state index contributed by atoms with van der Waals surface area (Å²) in [5.74, 6) is 0. The second-order valence-electron chi connectivity index (χ2n) is 3.78. The number of aliphatic hydroxyl groups is 1. The van der Waals surface area contributed by atoms with Crippen LogP contribution in [0, 0.1) is 5.41 Å². The lowest BCUT2D eigenvalue weighted by atomic mass is 10.2. The van der Waals surface area contributed by atoms with Crippen molar-refractivity contribution in [2.75, 3.05) is 44.2 Å². The Hall–Kier alpha value is 0.280. The predicted octanol–water partition coefficient (Wildman–Crippen LogP) is 0.0495. The van der Waals surface area contributed by atoms with E-state index in [0.717, 1.165) is 26.2 Å². The average molecular weight is 311 g/mol. The van der Waals surface area contributed by atoms with Crippen molar-refractivity contribution in [2.45, 2.75) is 6.10 Å². The summed E-state index contributed by atoms with van der Waals surface area (Å²) in [5, 5.41) is 17.2. The first-order valence-corrected chi connectivity index (χ1v) is 6.38. The van der Waals surface area contributed by atoms with Gasteiger partial charge in [0.1, 0.15) is 6.10 Å². The van der Waals surface area contributed by atoms with Crippen LogP contribution in [0.4, 0.5) is 0 Å². The normalized spacial score (nSPS) is 22.2. The fraction of sp³-hybridized carbons (Fsp3) is 0.889. The molecule has 4 nitrogen and oxygen atoms in total. The Labute approximate surface area is 98.9 Å². The van der Waals surface area contributed by atoms with E-state index in [4.69, 9.17) is 5.41 Å². The van der Waals surface area contributed by atoms with Crippen LogP contribution >= 0.6 is 22.6 Å². The Bertz CT molecular complexity index is 192. The van der Waals surface area contributed by atoms with Crippen molar-refractivity contribution in [1.82, 2.24) is 9.80 Å². The number of nitrogens with zero attached hydrogens (tertiary/aromatic N) is 2. The minimum atomic E-state index is -0.574. The largest absolute Gasteiger partial charge is 0.386 e. The van der Waals surface area contributed by atoms with Crippen LogP contribution in [0.2, 0.25) is 0 Å². The van der Waals surface area contributed by atoms with Crippen LogP contribution in [-0.4, -0.2) is 70.9 Å². The van der Waals surface area contributed by atoms with Gasteiger partial charge in [-0.25, -0.2) is 0 Å². The Balaban J connectivity index is 2.27. The molecular weight excluding hydrogens is 293 g/mol. The molecule has 0 bridgehead atoms. The molecule has 0 aromatic heterocycles. The second-order valence-corrected chi connectivity index (χ2v) is 4.54. The van der Waals surface area contributed by atoms with E-state index in [0.29, 0.717) is 16.7 Å². The zero-order valence-electron chi connectivity index (χ0n) is 8.54. The topological polar surface area (TPSA) is 50.6 Å². The van der Waals surface area contributed by atoms with Crippen molar-refractivity contribution in [3.05, 3.63) is 0 Å². The summed E-state index contributed by atoms with van der Waals surface area (Å²) < 4.78 is 0.618. The molecule has 1 heterocycles. The molecule has 0 spiro atoms. The number of rotatable bonds is 4. The van der Waals surface area contributed by atoms with Gasteiger partial charge in [0.15, 0.2) is 0 Å². The molecule has 0 aromatic carbocycles. The van der Waals surface area contributed by atoms with Gasteiger partial charge in [-0.15, -0.1) is 0 Å². The third-order valence-electron chi connectivity index (χ3n) is 2.57. The molecule has 82 valence electrons. The van der Waals surface area contributed by atoms with Gasteiger partial charge in [-0.1, -0.05) is 22.6 Å². The monoisotopic (exact) mass is 311 g/mol. The molecule has 1 atom stereocenters. The number of hydrogen-bond acceptors (Lipinski definition) is 4. The first-order valence-electron chi connectivity index (χ1n) is 4.85. The van der Waals surface area contributed by atoms with Gasteiger partial charge in [-0.3, -0.25) is 4.90 Å². The SMILES string of the molecule is CN1CCN(CC(O)C(=N)CI)CC1. The number of β-amino-alcohol motifs (C(OH)–C–C–N with tert-alkyl or cyclic N) is 1. The molecule has 0 aromatic rings. The van der Waals surface area contributed by atoms with Crippen LogP contribution < -0.4 is 0 Å². The maximum absolute atomic E-state index is 9.65. The molecule has 0 radical (unpaired) electrons. The summed E-state index contributed by atoms with van der Waals surface area (Å²) in [5.41, 5.74) is 0.435. The van der Waals surface area contributed by atoms with Crippen molar-refractivity contribution in [3.63, 3.8) is 0 Å².